The minimum atomic E-state index is -0.301. The van der Waals surface area contributed by atoms with E-state index in [1.165, 1.54) is 27.5 Å². The van der Waals surface area contributed by atoms with E-state index in [1.807, 2.05) is 6.20 Å². The summed E-state index contributed by atoms with van der Waals surface area (Å²) in [5.41, 5.74) is 6.45. The van der Waals surface area contributed by atoms with E-state index in [9.17, 15) is 0 Å². The highest BCUT2D eigenvalue weighted by Crippen LogP contribution is 2.41. The molecule has 5 heteroatoms. The summed E-state index contributed by atoms with van der Waals surface area (Å²) < 4.78 is 15.3. The van der Waals surface area contributed by atoms with Crippen LogP contribution < -0.4 is 4.74 Å². The number of hydrogen-bond donors (Lipinski definition) is 0. The van der Waals surface area contributed by atoms with Gasteiger partial charge in [0.05, 0.1) is 11.0 Å². The van der Waals surface area contributed by atoms with E-state index in [-0.39, 0.29) is 27.2 Å². The lowest BCUT2D eigenvalue weighted by atomic mass is 9.76. The van der Waals surface area contributed by atoms with Gasteiger partial charge >= 0.3 is 0 Å². The summed E-state index contributed by atoms with van der Waals surface area (Å²) in [5, 5.41) is 2.38. The quantitative estimate of drug-likeness (QED) is 0.196. The van der Waals surface area contributed by atoms with Crippen molar-refractivity contribution in [3.8, 4) is 17.3 Å². The van der Waals surface area contributed by atoms with Gasteiger partial charge in [0.1, 0.15) is 29.5 Å². The highest BCUT2D eigenvalue weighted by Gasteiger charge is 2.43. The Morgan fingerprint density at radius 2 is 1.31 bits per heavy atom. The van der Waals surface area contributed by atoms with Crippen molar-refractivity contribution in [3.05, 3.63) is 95.2 Å². The summed E-state index contributed by atoms with van der Waals surface area (Å²) in [4.78, 5) is 10.0. The Labute approximate surface area is 287 Å². The van der Waals surface area contributed by atoms with Crippen LogP contribution in [0.1, 0.15) is 112 Å². The zero-order chi connectivity index (χ0) is 35.0. The van der Waals surface area contributed by atoms with Gasteiger partial charge in [-0.05, 0) is 99.9 Å². The molecule has 1 aliphatic rings. The molecule has 1 atom stereocenters. The fourth-order valence-corrected chi connectivity index (χ4v) is 6.16. The average molecular weight is 644 g/mol. The van der Waals surface area contributed by atoms with Crippen LogP contribution in [0.2, 0.25) is 0 Å². The second-order valence-corrected chi connectivity index (χ2v) is 18.0. The van der Waals surface area contributed by atoms with Crippen LogP contribution >= 0.6 is 0 Å². The molecule has 0 N–H and O–H groups in total. The van der Waals surface area contributed by atoms with Gasteiger partial charge in [-0.15, -0.1) is 0 Å². The van der Waals surface area contributed by atoms with Crippen LogP contribution in [0.15, 0.2) is 77.9 Å². The van der Waals surface area contributed by atoms with Crippen LogP contribution in [-0.4, -0.2) is 27.6 Å². The fourth-order valence-electron chi connectivity index (χ4n) is 6.16. The normalized spacial score (nSPS) is 17.6. The van der Waals surface area contributed by atoms with Crippen molar-refractivity contribution in [2.24, 2.45) is 10.4 Å². The van der Waals surface area contributed by atoms with E-state index in [4.69, 9.17) is 19.5 Å². The molecule has 3 heterocycles. The van der Waals surface area contributed by atoms with Crippen LogP contribution in [0, 0.1) is 5.41 Å². The minimum Gasteiger partial charge on any atom is -0.475 e. The molecule has 0 saturated carbocycles. The predicted molar refractivity (Wildman–Crippen MR) is 202 cm³/mol. The first-order chi connectivity index (χ1) is 22.1. The van der Waals surface area contributed by atoms with Gasteiger partial charge in [-0.2, -0.15) is 0 Å². The van der Waals surface area contributed by atoms with Gasteiger partial charge in [-0.1, -0.05) is 89.2 Å². The molecule has 0 spiro atoms. The number of fused-ring (bicyclic) bond motifs is 3. The van der Waals surface area contributed by atoms with Crippen molar-refractivity contribution in [2.75, 3.05) is 6.61 Å². The van der Waals surface area contributed by atoms with Gasteiger partial charge in [0.25, 0.3) is 0 Å². The molecule has 0 unspecified atom stereocenters. The summed E-state index contributed by atoms with van der Waals surface area (Å²) in [5.74, 6) is 3.11. The van der Waals surface area contributed by atoms with Crippen LogP contribution in [0.25, 0.3) is 27.6 Å². The second kappa shape index (κ2) is 11.2. The average Bonchev–Trinajstić information content (AvgIpc) is 3.54. The topological polar surface area (TPSA) is 48.6 Å². The molecule has 0 fully saturated rings. The predicted octanol–water partition coefficient (Wildman–Crippen LogP) is 11.4. The number of aromatic nitrogens is 2. The van der Waals surface area contributed by atoms with Crippen molar-refractivity contribution in [1.29, 1.82) is 0 Å². The Hall–Kier alpha value is -4.12. The molecule has 5 aromatic rings. The Kier molecular flexibility index (Phi) is 7.89. The summed E-state index contributed by atoms with van der Waals surface area (Å²) in [7, 11) is 0. The first kappa shape index (κ1) is 33.8. The van der Waals surface area contributed by atoms with Crippen LogP contribution in [0.4, 0.5) is 0 Å². The van der Waals surface area contributed by atoms with E-state index in [2.05, 4.69) is 161 Å². The lowest BCUT2D eigenvalue weighted by molar-refractivity contribution is 0.154. The molecule has 252 valence electrons. The minimum absolute atomic E-state index is 0.00243. The number of rotatable bonds is 4. The molecule has 5 nitrogen and oxygen atoms in total. The van der Waals surface area contributed by atoms with Crippen molar-refractivity contribution in [2.45, 2.75) is 112 Å². The molecule has 48 heavy (non-hydrogen) atoms. The van der Waals surface area contributed by atoms with Crippen molar-refractivity contribution in [3.63, 3.8) is 0 Å². The van der Waals surface area contributed by atoms with Crippen molar-refractivity contribution in [1.82, 2.24) is 9.55 Å². The maximum atomic E-state index is 6.74. The smallest absolute Gasteiger partial charge is 0.216 e. The van der Waals surface area contributed by atoms with E-state index in [1.54, 1.807) is 0 Å². The maximum Gasteiger partial charge on any atom is 0.216 e. The molecule has 3 aromatic carbocycles. The third-order valence-corrected chi connectivity index (χ3v) is 10.2. The summed E-state index contributed by atoms with van der Waals surface area (Å²) in [6, 6.07) is 24.0. The molecule has 2 aromatic heterocycles. The largest absolute Gasteiger partial charge is 0.475 e. The fraction of sp³-hybridized carbons (Fsp3) is 0.442. The van der Waals surface area contributed by atoms with Crippen LogP contribution in [0.5, 0.6) is 11.5 Å². The van der Waals surface area contributed by atoms with Gasteiger partial charge in [0, 0.05) is 28.6 Å². The number of ether oxygens (including phenoxy) is 2. The Morgan fingerprint density at radius 1 is 0.646 bits per heavy atom. The summed E-state index contributed by atoms with van der Waals surface area (Å²) in [6.07, 6.45) is 1.93. The van der Waals surface area contributed by atoms with E-state index in [0.717, 1.165) is 33.9 Å². The standard InChI is InChI=1S/C43H53N3O2/c1-39(2,3)28-14-17-35-34(23-28)33-16-15-31(25-36(33)46(35)37-24-29(18-19-44-37)40(4,5)6)48-32-21-27(20-30(22-32)41(7,8)9)38-45-43(13,26-47-38)42(10,11)12/h14-25H,26H2,1-13H3/t43-/m0/s1. The number of hydrogen-bond acceptors (Lipinski definition) is 4. The van der Waals surface area contributed by atoms with E-state index >= 15 is 0 Å². The summed E-state index contributed by atoms with van der Waals surface area (Å²) >= 11 is 0. The zero-order valence-corrected chi connectivity index (χ0v) is 31.3. The Morgan fingerprint density at radius 3 is 1.94 bits per heavy atom. The third kappa shape index (κ3) is 6.24. The number of pyridine rings is 1. The Bertz CT molecular complexity index is 2060. The van der Waals surface area contributed by atoms with Gasteiger partial charge in [0.15, 0.2) is 0 Å². The van der Waals surface area contributed by atoms with Gasteiger partial charge < -0.3 is 9.47 Å². The molecule has 0 aliphatic carbocycles. The lowest BCUT2D eigenvalue weighted by Gasteiger charge is -2.33. The Balaban J connectivity index is 1.51. The van der Waals surface area contributed by atoms with Gasteiger partial charge in [-0.25, -0.2) is 9.98 Å². The molecular weight excluding hydrogens is 590 g/mol. The monoisotopic (exact) mass is 643 g/mol. The molecule has 1 aliphatic heterocycles. The molecule has 6 rings (SSSR count). The van der Waals surface area contributed by atoms with E-state index in [0.29, 0.717) is 12.5 Å². The van der Waals surface area contributed by atoms with Gasteiger partial charge in [0.2, 0.25) is 5.90 Å². The van der Waals surface area contributed by atoms with Crippen molar-refractivity contribution >= 4 is 27.7 Å². The molecule has 0 radical (unpaired) electrons. The second-order valence-electron chi connectivity index (χ2n) is 18.0. The first-order valence-electron chi connectivity index (χ1n) is 17.3. The highest BCUT2D eigenvalue weighted by molar-refractivity contribution is 6.09. The molecule has 0 bridgehead atoms. The zero-order valence-electron chi connectivity index (χ0n) is 31.3. The van der Waals surface area contributed by atoms with Crippen LogP contribution in [0.3, 0.4) is 0 Å². The first-order valence-corrected chi connectivity index (χ1v) is 17.3. The maximum absolute atomic E-state index is 6.74. The number of benzene rings is 3. The molecule has 0 saturated heterocycles. The van der Waals surface area contributed by atoms with Crippen molar-refractivity contribution < 1.29 is 9.47 Å². The highest BCUT2D eigenvalue weighted by atomic mass is 16.5. The van der Waals surface area contributed by atoms with Gasteiger partial charge in [-0.3, -0.25) is 4.57 Å². The molecule has 0 amide bonds. The van der Waals surface area contributed by atoms with Crippen LogP contribution in [-0.2, 0) is 21.0 Å². The number of aliphatic imine (C=N–C) groups is 1. The third-order valence-electron chi connectivity index (χ3n) is 10.2. The summed E-state index contributed by atoms with van der Waals surface area (Å²) in [6.45, 7) is 29.6. The van der Waals surface area contributed by atoms with E-state index < -0.39 is 0 Å². The SMILES string of the molecule is CC(C)(C)c1cc(Oc2ccc3c4cc(C(C)(C)C)ccc4n(-c4cc(C(C)(C)C)ccn4)c3c2)cc(C2=N[C@](C)(C(C)(C)C)CO2)c1. The molecular formula is C43H53N3O2. The number of nitrogens with zero attached hydrogens (tertiary/aromatic N) is 3. The lowest BCUT2D eigenvalue weighted by Crippen LogP contribution is -2.39.